The molecule has 1 atom stereocenters. The zero-order valence-corrected chi connectivity index (χ0v) is 18.8. The first-order valence-electron chi connectivity index (χ1n) is 11.3. The van der Waals surface area contributed by atoms with Crippen molar-refractivity contribution < 1.29 is 14.4 Å². The monoisotopic (exact) mass is 447 g/mol. The molecule has 3 amide bonds. The normalized spacial score (nSPS) is 19.2. The third kappa shape index (κ3) is 5.64. The summed E-state index contributed by atoms with van der Waals surface area (Å²) in [5, 5.41) is 8.52. The molecule has 33 heavy (non-hydrogen) atoms. The molecule has 0 aromatic heterocycles. The van der Waals surface area contributed by atoms with E-state index >= 15 is 0 Å². The molecule has 2 aromatic rings. The van der Waals surface area contributed by atoms with Gasteiger partial charge < -0.3 is 11.1 Å². The second-order valence-corrected chi connectivity index (χ2v) is 8.72. The molecule has 8 nitrogen and oxygen atoms in total. The summed E-state index contributed by atoms with van der Waals surface area (Å²) in [6.07, 6.45) is 2.36. The van der Waals surface area contributed by atoms with Crippen molar-refractivity contribution in [3.8, 4) is 0 Å². The maximum absolute atomic E-state index is 12.8. The number of benzene rings is 2. The van der Waals surface area contributed by atoms with E-state index in [1.807, 2.05) is 55.5 Å². The second kappa shape index (κ2) is 9.95. The number of aryl methyl sites for hydroxylation is 1. The van der Waals surface area contributed by atoms with Crippen LogP contribution in [0.5, 0.6) is 0 Å². The van der Waals surface area contributed by atoms with Gasteiger partial charge in [-0.15, -0.1) is 0 Å². The van der Waals surface area contributed by atoms with E-state index in [-0.39, 0.29) is 30.1 Å². The summed E-state index contributed by atoms with van der Waals surface area (Å²) < 4.78 is 0. The van der Waals surface area contributed by atoms with Crippen LogP contribution in [0.3, 0.4) is 0 Å². The Hall–Kier alpha value is -3.52. The summed E-state index contributed by atoms with van der Waals surface area (Å²) in [5.74, 6) is -0.753. The van der Waals surface area contributed by atoms with Gasteiger partial charge in [0.05, 0.1) is 11.6 Å². The van der Waals surface area contributed by atoms with Crippen LogP contribution in [0.4, 0.5) is 11.4 Å². The van der Waals surface area contributed by atoms with E-state index in [9.17, 15) is 14.4 Å². The number of rotatable bonds is 6. The van der Waals surface area contributed by atoms with Crippen molar-refractivity contribution in [3.63, 3.8) is 0 Å². The smallest absolute Gasteiger partial charge is 0.271 e. The Morgan fingerprint density at radius 2 is 1.94 bits per heavy atom. The average Bonchev–Trinajstić information content (AvgIpc) is 2.81. The van der Waals surface area contributed by atoms with E-state index in [0.29, 0.717) is 30.1 Å². The van der Waals surface area contributed by atoms with Crippen LogP contribution >= 0.6 is 0 Å². The first-order valence-corrected chi connectivity index (χ1v) is 11.3. The highest BCUT2D eigenvalue weighted by atomic mass is 16.2. The lowest BCUT2D eigenvalue weighted by molar-refractivity contribution is -0.123. The van der Waals surface area contributed by atoms with Crippen molar-refractivity contribution >= 4 is 34.8 Å². The number of carbonyl (C=O) groups is 3. The first kappa shape index (κ1) is 22.7. The number of carbonyl (C=O) groups excluding carboxylic acids is 3. The van der Waals surface area contributed by atoms with Crippen LogP contribution in [-0.2, 0) is 20.9 Å². The van der Waals surface area contributed by atoms with Gasteiger partial charge in [-0.3, -0.25) is 19.3 Å². The van der Waals surface area contributed by atoms with Crippen molar-refractivity contribution in [1.29, 1.82) is 0 Å². The van der Waals surface area contributed by atoms with Crippen LogP contribution in [0.15, 0.2) is 53.6 Å². The SMILES string of the molecule is Cc1cccc(N2N=C(C(=O)Nc3ccc(CN4CCCC(C(N)=O)C4)cc3)CCC2=O)c1. The van der Waals surface area contributed by atoms with Crippen LogP contribution in [0.25, 0.3) is 0 Å². The summed E-state index contributed by atoms with van der Waals surface area (Å²) in [6, 6.07) is 15.1. The highest BCUT2D eigenvalue weighted by Crippen LogP contribution is 2.22. The highest BCUT2D eigenvalue weighted by Gasteiger charge is 2.26. The van der Waals surface area contributed by atoms with Gasteiger partial charge in [-0.2, -0.15) is 5.10 Å². The number of likely N-dealkylation sites (tertiary alicyclic amines) is 1. The fraction of sp³-hybridized carbons (Fsp3) is 0.360. The van der Waals surface area contributed by atoms with Gasteiger partial charge in [-0.25, -0.2) is 5.01 Å². The Labute approximate surface area is 193 Å². The molecular weight excluding hydrogens is 418 g/mol. The fourth-order valence-corrected chi connectivity index (χ4v) is 4.26. The number of anilines is 2. The quantitative estimate of drug-likeness (QED) is 0.710. The molecule has 8 heteroatoms. The molecule has 2 aliphatic rings. The van der Waals surface area contributed by atoms with Gasteiger partial charge in [0.15, 0.2) is 0 Å². The number of nitrogens with one attached hydrogen (secondary N) is 1. The average molecular weight is 448 g/mol. The number of hydrogen-bond acceptors (Lipinski definition) is 5. The van der Waals surface area contributed by atoms with Crippen molar-refractivity contribution in [3.05, 3.63) is 59.7 Å². The van der Waals surface area contributed by atoms with E-state index in [1.54, 1.807) is 0 Å². The van der Waals surface area contributed by atoms with Crippen LogP contribution in [0, 0.1) is 12.8 Å². The molecular formula is C25H29N5O3. The Balaban J connectivity index is 1.38. The molecule has 2 heterocycles. The minimum absolute atomic E-state index is 0.0835. The Morgan fingerprint density at radius 1 is 1.15 bits per heavy atom. The predicted octanol–water partition coefficient (Wildman–Crippen LogP) is 2.81. The number of nitrogens with zero attached hydrogens (tertiary/aromatic N) is 3. The lowest BCUT2D eigenvalue weighted by atomic mass is 9.97. The van der Waals surface area contributed by atoms with Gasteiger partial charge in [0, 0.05) is 31.6 Å². The van der Waals surface area contributed by atoms with Crippen molar-refractivity contribution in [2.75, 3.05) is 23.4 Å². The van der Waals surface area contributed by atoms with Crippen molar-refractivity contribution in [1.82, 2.24) is 4.90 Å². The van der Waals surface area contributed by atoms with E-state index < -0.39 is 0 Å². The number of nitrogens with two attached hydrogens (primary N) is 1. The molecule has 0 bridgehead atoms. The standard InChI is InChI=1S/C25H29N5O3/c1-17-4-2-6-21(14-17)30-23(31)12-11-22(28-30)25(33)27-20-9-7-18(8-10-20)15-29-13-3-5-19(16-29)24(26)32/h2,4,6-10,14,19H,3,5,11-13,15-16H2,1H3,(H2,26,32)(H,27,33). The first-order chi connectivity index (χ1) is 15.9. The molecule has 1 unspecified atom stereocenters. The van der Waals surface area contributed by atoms with Crippen molar-refractivity contribution in [2.24, 2.45) is 16.8 Å². The minimum Gasteiger partial charge on any atom is -0.369 e. The number of primary amides is 1. The van der Waals surface area contributed by atoms with E-state index in [2.05, 4.69) is 15.3 Å². The van der Waals surface area contributed by atoms with Gasteiger partial charge in [0.1, 0.15) is 5.71 Å². The molecule has 0 aliphatic carbocycles. The van der Waals surface area contributed by atoms with E-state index in [0.717, 1.165) is 37.1 Å². The Bertz CT molecular complexity index is 1080. The topological polar surface area (TPSA) is 108 Å². The molecule has 0 radical (unpaired) electrons. The number of piperidine rings is 1. The number of hydrazone groups is 1. The predicted molar refractivity (Wildman–Crippen MR) is 128 cm³/mol. The minimum atomic E-state index is -0.312. The maximum Gasteiger partial charge on any atom is 0.271 e. The highest BCUT2D eigenvalue weighted by molar-refractivity contribution is 6.44. The summed E-state index contributed by atoms with van der Waals surface area (Å²) in [7, 11) is 0. The fourth-order valence-electron chi connectivity index (χ4n) is 4.26. The van der Waals surface area contributed by atoms with Crippen LogP contribution in [-0.4, -0.2) is 41.4 Å². The Kier molecular flexibility index (Phi) is 6.84. The Morgan fingerprint density at radius 3 is 2.67 bits per heavy atom. The van der Waals surface area contributed by atoms with Gasteiger partial charge in [0.25, 0.3) is 5.91 Å². The molecule has 0 spiro atoms. The zero-order chi connectivity index (χ0) is 23.4. The third-order valence-electron chi connectivity index (χ3n) is 6.07. The lowest BCUT2D eigenvalue weighted by Gasteiger charge is -2.31. The molecule has 2 aliphatic heterocycles. The molecule has 3 N–H and O–H groups in total. The van der Waals surface area contributed by atoms with Crippen LogP contribution in [0.2, 0.25) is 0 Å². The molecule has 1 saturated heterocycles. The van der Waals surface area contributed by atoms with E-state index in [4.69, 9.17) is 5.73 Å². The summed E-state index contributed by atoms with van der Waals surface area (Å²) in [5.41, 5.74) is 9.23. The third-order valence-corrected chi connectivity index (χ3v) is 6.07. The van der Waals surface area contributed by atoms with Crippen LogP contribution < -0.4 is 16.1 Å². The zero-order valence-electron chi connectivity index (χ0n) is 18.8. The molecule has 1 fully saturated rings. The summed E-state index contributed by atoms with van der Waals surface area (Å²) >= 11 is 0. The molecule has 2 aromatic carbocycles. The summed E-state index contributed by atoms with van der Waals surface area (Å²) in [4.78, 5) is 38.9. The molecule has 4 rings (SSSR count). The lowest BCUT2D eigenvalue weighted by Crippen LogP contribution is -2.40. The number of hydrogen-bond donors (Lipinski definition) is 2. The van der Waals surface area contributed by atoms with Gasteiger partial charge in [0.2, 0.25) is 11.8 Å². The van der Waals surface area contributed by atoms with Gasteiger partial charge >= 0.3 is 0 Å². The summed E-state index contributed by atoms with van der Waals surface area (Å²) in [6.45, 7) is 4.31. The van der Waals surface area contributed by atoms with Gasteiger partial charge in [-0.1, -0.05) is 24.3 Å². The molecule has 172 valence electrons. The van der Waals surface area contributed by atoms with E-state index in [1.165, 1.54) is 5.01 Å². The maximum atomic E-state index is 12.8. The van der Waals surface area contributed by atoms with Crippen molar-refractivity contribution in [2.45, 2.75) is 39.2 Å². The number of amides is 3. The largest absolute Gasteiger partial charge is 0.369 e. The van der Waals surface area contributed by atoms with Gasteiger partial charge in [-0.05, 0) is 61.7 Å². The molecule has 0 saturated carbocycles. The van der Waals surface area contributed by atoms with Crippen LogP contribution in [0.1, 0.15) is 36.8 Å². The second-order valence-electron chi connectivity index (χ2n) is 8.72.